The maximum absolute atomic E-state index is 9.51. The molecule has 0 amide bonds. The minimum atomic E-state index is 0.295. The van der Waals surface area contributed by atoms with E-state index in [9.17, 15) is 5.11 Å². The number of nitrogens with zero attached hydrogens (tertiary/aromatic N) is 3. The number of piperazine rings is 1. The van der Waals surface area contributed by atoms with Gasteiger partial charge in [-0.1, -0.05) is 33.1 Å². The first-order valence-electron chi connectivity index (χ1n) is 9.80. The van der Waals surface area contributed by atoms with E-state index < -0.39 is 0 Å². The van der Waals surface area contributed by atoms with Gasteiger partial charge >= 0.3 is 0 Å². The second kappa shape index (κ2) is 8.45. The Labute approximate surface area is 146 Å². The van der Waals surface area contributed by atoms with E-state index in [1.54, 1.807) is 0 Å². The molecular formula is C19H34N4O. The molecule has 1 saturated heterocycles. The van der Waals surface area contributed by atoms with Gasteiger partial charge in [-0.2, -0.15) is 5.10 Å². The SMILES string of the molecule is CC(C)c1cc(CN2CCN(C3CCCCC3)C(CCO)C2)[nH]n1. The van der Waals surface area contributed by atoms with Gasteiger partial charge in [0.15, 0.2) is 0 Å². The summed E-state index contributed by atoms with van der Waals surface area (Å²) in [6.45, 7) is 8.92. The van der Waals surface area contributed by atoms with E-state index in [1.165, 1.54) is 37.8 Å². The molecule has 1 aromatic heterocycles. The van der Waals surface area contributed by atoms with Gasteiger partial charge in [-0.05, 0) is 31.2 Å². The highest BCUT2D eigenvalue weighted by atomic mass is 16.3. The maximum Gasteiger partial charge on any atom is 0.0650 e. The highest BCUT2D eigenvalue weighted by Gasteiger charge is 2.32. The number of hydrogen-bond donors (Lipinski definition) is 2. The fourth-order valence-corrected chi connectivity index (χ4v) is 4.37. The zero-order chi connectivity index (χ0) is 16.9. The third kappa shape index (κ3) is 4.38. The van der Waals surface area contributed by atoms with Crippen molar-refractivity contribution < 1.29 is 5.11 Å². The second-order valence-electron chi connectivity index (χ2n) is 7.90. The van der Waals surface area contributed by atoms with Crippen LogP contribution >= 0.6 is 0 Å². The molecule has 5 nitrogen and oxygen atoms in total. The monoisotopic (exact) mass is 334 g/mol. The summed E-state index contributed by atoms with van der Waals surface area (Å²) in [5.74, 6) is 0.472. The molecular weight excluding hydrogens is 300 g/mol. The molecule has 24 heavy (non-hydrogen) atoms. The van der Waals surface area contributed by atoms with Gasteiger partial charge in [0.05, 0.1) is 5.69 Å². The third-order valence-corrected chi connectivity index (χ3v) is 5.75. The zero-order valence-corrected chi connectivity index (χ0v) is 15.4. The summed E-state index contributed by atoms with van der Waals surface area (Å²) >= 11 is 0. The summed E-state index contributed by atoms with van der Waals surface area (Å²) in [4.78, 5) is 5.23. The van der Waals surface area contributed by atoms with Crippen LogP contribution in [-0.2, 0) is 6.54 Å². The highest BCUT2D eigenvalue weighted by molar-refractivity contribution is 5.12. The molecule has 2 aliphatic rings. The Morgan fingerprint density at radius 1 is 1.25 bits per heavy atom. The van der Waals surface area contributed by atoms with Crippen molar-refractivity contribution in [3.8, 4) is 0 Å². The van der Waals surface area contributed by atoms with Crippen molar-refractivity contribution in [1.82, 2.24) is 20.0 Å². The maximum atomic E-state index is 9.51. The Balaban J connectivity index is 1.59. The normalized spacial score (nSPS) is 24.8. The molecule has 1 unspecified atom stereocenters. The first kappa shape index (κ1) is 17.9. The number of H-pyrrole nitrogens is 1. The smallest absolute Gasteiger partial charge is 0.0650 e. The van der Waals surface area contributed by atoms with Crippen molar-refractivity contribution in [3.63, 3.8) is 0 Å². The lowest BCUT2D eigenvalue weighted by molar-refractivity contribution is 0.0133. The number of aromatic nitrogens is 2. The Hall–Kier alpha value is -0.910. The molecule has 2 fully saturated rings. The standard InChI is InChI=1S/C19H34N4O/c1-15(2)19-12-16(20-21-19)13-22-9-10-23(18(14-22)8-11-24)17-6-4-3-5-7-17/h12,15,17-18,24H,3-11,13-14H2,1-2H3,(H,20,21). The van der Waals surface area contributed by atoms with Crippen LogP contribution in [0.5, 0.6) is 0 Å². The summed E-state index contributed by atoms with van der Waals surface area (Å²) in [6, 6.07) is 3.45. The van der Waals surface area contributed by atoms with Crippen molar-refractivity contribution in [2.24, 2.45) is 0 Å². The van der Waals surface area contributed by atoms with E-state index >= 15 is 0 Å². The quantitative estimate of drug-likeness (QED) is 0.840. The summed E-state index contributed by atoms with van der Waals surface area (Å²) < 4.78 is 0. The van der Waals surface area contributed by atoms with E-state index in [2.05, 4.69) is 39.9 Å². The van der Waals surface area contributed by atoms with Crippen molar-refractivity contribution in [2.75, 3.05) is 26.2 Å². The molecule has 0 aromatic carbocycles. The van der Waals surface area contributed by atoms with Gasteiger partial charge in [0.25, 0.3) is 0 Å². The molecule has 1 aliphatic heterocycles. The fourth-order valence-electron chi connectivity index (χ4n) is 4.37. The van der Waals surface area contributed by atoms with Crippen LogP contribution in [0.2, 0.25) is 0 Å². The summed E-state index contributed by atoms with van der Waals surface area (Å²) in [7, 11) is 0. The largest absolute Gasteiger partial charge is 0.396 e. The molecule has 1 atom stereocenters. The second-order valence-corrected chi connectivity index (χ2v) is 7.90. The first-order valence-corrected chi connectivity index (χ1v) is 9.80. The molecule has 3 rings (SSSR count). The minimum Gasteiger partial charge on any atom is -0.396 e. The van der Waals surface area contributed by atoms with Crippen LogP contribution < -0.4 is 0 Å². The zero-order valence-electron chi connectivity index (χ0n) is 15.4. The number of aromatic amines is 1. The van der Waals surface area contributed by atoms with E-state index in [0.717, 1.165) is 44.3 Å². The van der Waals surface area contributed by atoms with Gasteiger partial charge in [0, 0.05) is 50.6 Å². The van der Waals surface area contributed by atoms with E-state index in [0.29, 0.717) is 18.6 Å². The molecule has 0 spiro atoms. The summed E-state index contributed by atoms with van der Waals surface area (Å²) in [6.07, 6.45) is 7.75. The topological polar surface area (TPSA) is 55.4 Å². The average molecular weight is 335 g/mol. The Kier molecular flexibility index (Phi) is 6.31. The number of aliphatic hydroxyl groups is 1. The van der Waals surface area contributed by atoms with Crippen LogP contribution in [0.4, 0.5) is 0 Å². The molecule has 1 saturated carbocycles. The predicted molar refractivity (Wildman–Crippen MR) is 97.0 cm³/mol. The van der Waals surface area contributed by atoms with Crippen LogP contribution in [0.15, 0.2) is 6.07 Å². The molecule has 2 heterocycles. The molecule has 1 aromatic rings. The van der Waals surface area contributed by atoms with Crippen LogP contribution in [0.3, 0.4) is 0 Å². The van der Waals surface area contributed by atoms with Crippen LogP contribution in [0.25, 0.3) is 0 Å². The van der Waals surface area contributed by atoms with Crippen molar-refractivity contribution >= 4 is 0 Å². The van der Waals surface area contributed by atoms with E-state index in [4.69, 9.17) is 0 Å². The summed E-state index contributed by atoms with van der Waals surface area (Å²) in [5.41, 5.74) is 2.37. The van der Waals surface area contributed by atoms with Gasteiger partial charge in [-0.25, -0.2) is 0 Å². The summed E-state index contributed by atoms with van der Waals surface area (Å²) in [5, 5.41) is 17.1. The van der Waals surface area contributed by atoms with Gasteiger partial charge < -0.3 is 5.11 Å². The molecule has 2 N–H and O–H groups in total. The van der Waals surface area contributed by atoms with Crippen molar-refractivity contribution in [1.29, 1.82) is 0 Å². The molecule has 136 valence electrons. The lowest BCUT2D eigenvalue weighted by Gasteiger charge is -2.46. The minimum absolute atomic E-state index is 0.295. The van der Waals surface area contributed by atoms with Gasteiger partial charge in [-0.3, -0.25) is 14.9 Å². The molecule has 1 aliphatic carbocycles. The Morgan fingerprint density at radius 3 is 2.71 bits per heavy atom. The predicted octanol–water partition coefficient (Wildman–Crippen LogP) is 2.73. The van der Waals surface area contributed by atoms with Crippen LogP contribution in [-0.4, -0.2) is 63.4 Å². The van der Waals surface area contributed by atoms with Gasteiger partial charge in [-0.15, -0.1) is 0 Å². The lowest BCUT2D eigenvalue weighted by atomic mass is 9.92. The average Bonchev–Trinajstić information content (AvgIpc) is 3.05. The Bertz CT molecular complexity index is 495. The number of hydrogen-bond acceptors (Lipinski definition) is 4. The van der Waals surface area contributed by atoms with Crippen molar-refractivity contribution in [2.45, 2.75) is 76.9 Å². The lowest BCUT2D eigenvalue weighted by Crippen LogP contribution is -2.56. The van der Waals surface area contributed by atoms with Crippen LogP contribution in [0.1, 0.15) is 69.7 Å². The van der Waals surface area contributed by atoms with E-state index in [-0.39, 0.29) is 0 Å². The molecule has 0 bridgehead atoms. The molecule has 0 radical (unpaired) electrons. The van der Waals surface area contributed by atoms with Gasteiger partial charge in [0.2, 0.25) is 0 Å². The van der Waals surface area contributed by atoms with Crippen molar-refractivity contribution in [3.05, 3.63) is 17.5 Å². The number of nitrogens with one attached hydrogen (secondary N) is 1. The number of rotatable bonds is 6. The van der Waals surface area contributed by atoms with Gasteiger partial charge in [0.1, 0.15) is 0 Å². The molecule has 5 heteroatoms. The van der Waals surface area contributed by atoms with E-state index in [1.807, 2.05) is 0 Å². The Morgan fingerprint density at radius 2 is 2.04 bits per heavy atom. The third-order valence-electron chi connectivity index (χ3n) is 5.75. The van der Waals surface area contributed by atoms with Crippen LogP contribution in [0, 0.1) is 0 Å². The first-order chi connectivity index (χ1) is 11.7. The fraction of sp³-hybridized carbons (Fsp3) is 0.842. The highest BCUT2D eigenvalue weighted by Crippen LogP contribution is 2.27. The number of aliphatic hydroxyl groups excluding tert-OH is 1.